The van der Waals surface area contributed by atoms with Gasteiger partial charge in [0, 0.05) is 33.6 Å². The molecule has 1 amide bonds. The Kier molecular flexibility index (Phi) is 5.96. The van der Waals surface area contributed by atoms with Crippen LogP contribution in [0.15, 0.2) is 88.7 Å². The summed E-state index contributed by atoms with van der Waals surface area (Å²) in [7, 11) is 0. The number of amides is 1. The molecule has 3 aromatic carbocycles. The minimum atomic E-state index is 0.0430. The zero-order valence-electron chi connectivity index (χ0n) is 17.5. The largest absolute Gasteiger partial charge is 0.355 e. The van der Waals surface area contributed by atoms with Gasteiger partial charge in [0.05, 0.1) is 5.69 Å². The van der Waals surface area contributed by atoms with Crippen molar-refractivity contribution in [2.75, 3.05) is 25.0 Å². The molecular weight excluding hydrogens is 402 g/mol. The van der Waals surface area contributed by atoms with Crippen molar-refractivity contribution in [2.45, 2.75) is 28.7 Å². The third-order valence-corrected chi connectivity index (χ3v) is 7.34. The van der Waals surface area contributed by atoms with Crippen molar-refractivity contribution in [1.29, 1.82) is 0 Å². The van der Waals surface area contributed by atoms with Crippen LogP contribution in [-0.4, -0.2) is 36.5 Å². The molecule has 0 unspecified atom stereocenters. The summed E-state index contributed by atoms with van der Waals surface area (Å²) < 4.78 is 0. The van der Waals surface area contributed by atoms with Crippen molar-refractivity contribution in [3.63, 3.8) is 0 Å². The van der Waals surface area contributed by atoms with E-state index < -0.39 is 0 Å². The first-order valence-corrected chi connectivity index (χ1v) is 11.8. The fourth-order valence-corrected chi connectivity index (χ4v) is 5.42. The molecule has 2 N–H and O–H groups in total. The summed E-state index contributed by atoms with van der Waals surface area (Å²) in [6.45, 7) is 3.36. The summed E-state index contributed by atoms with van der Waals surface area (Å²) in [6, 6.07) is 26.7. The third kappa shape index (κ3) is 4.78. The Morgan fingerprint density at radius 1 is 0.871 bits per heavy atom. The lowest BCUT2D eigenvalue weighted by Gasteiger charge is -2.44. The zero-order valence-corrected chi connectivity index (χ0v) is 18.3. The highest BCUT2D eigenvalue weighted by molar-refractivity contribution is 7.99. The SMILES string of the molecule is O=C(N[C@H]1CN2CCC1CC2)c1ccc(Sc2ccccc2Nc2ccccc2)cc1. The van der Waals surface area contributed by atoms with Crippen LogP contribution in [-0.2, 0) is 0 Å². The van der Waals surface area contributed by atoms with E-state index in [-0.39, 0.29) is 5.91 Å². The highest BCUT2D eigenvalue weighted by atomic mass is 32.2. The molecule has 1 atom stereocenters. The second kappa shape index (κ2) is 9.16. The number of benzene rings is 3. The molecule has 3 aliphatic heterocycles. The third-order valence-electron chi connectivity index (χ3n) is 6.26. The predicted molar refractivity (Wildman–Crippen MR) is 127 cm³/mol. The number of hydrogen-bond acceptors (Lipinski definition) is 4. The van der Waals surface area contributed by atoms with Crippen LogP contribution in [0.1, 0.15) is 23.2 Å². The molecule has 3 saturated heterocycles. The number of nitrogens with one attached hydrogen (secondary N) is 2. The average molecular weight is 430 g/mol. The van der Waals surface area contributed by atoms with Gasteiger partial charge in [0.1, 0.15) is 0 Å². The summed E-state index contributed by atoms with van der Waals surface area (Å²) in [5.74, 6) is 0.679. The smallest absolute Gasteiger partial charge is 0.251 e. The topological polar surface area (TPSA) is 44.4 Å². The summed E-state index contributed by atoms with van der Waals surface area (Å²) in [5, 5.41) is 6.77. The van der Waals surface area contributed by atoms with Gasteiger partial charge in [-0.1, -0.05) is 42.1 Å². The van der Waals surface area contributed by atoms with E-state index in [1.807, 2.05) is 54.6 Å². The first kappa shape index (κ1) is 20.2. The van der Waals surface area contributed by atoms with E-state index in [9.17, 15) is 4.79 Å². The fourth-order valence-electron chi connectivity index (χ4n) is 4.52. The van der Waals surface area contributed by atoms with E-state index in [0.717, 1.165) is 33.3 Å². The van der Waals surface area contributed by atoms with Gasteiger partial charge in [-0.15, -0.1) is 0 Å². The van der Waals surface area contributed by atoms with Gasteiger partial charge in [0.15, 0.2) is 0 Å². The molecule has 0 aliphatic carbocycles. The van der Waals surface area contributed by atoms with Gasteiger partial charge in [-0.3, -0.25) is 4.79 Å². The number of carbonyl (C=O) groups excluding carboxylic acids is 1. The molecular formula is C26H27N3OS. The van der Waals surface area contributed by atoms with Gasteiger partial charge < -0.3 is 15.5 Å². The minimum Gasteiger partial charge on any atom is -0.355 e. The number of anilines is 2. The molecule has 3 aromatic rings. The Hall–Kier alpha value is -2.76. The van der Waals surface area contributed by atoms with Gasteiger partial charge in [0.2, 0.25) is 0 Å². The maximum Gasteiger partial charge on any atom is 0.251 e. The van der Waals surface area contributed by atoms with E-state index in [0.29, 0.717) is 12.0 Å². The van der Waals surface area contributed by atoms with Crippen LogP contribution in [0.3, 0.4) is 0 Å². The summed E-state index contributed by atoms with van der Waals surface area (Å²) in [4.78, 5) is 17.5. The summed E-state index contributed by atoms with van der Waals surface area (Å²) >= 11 is 1.70. The first-order valence-electron chi connectivity index (χ1n) is 11.0. The van der Waals surface area contributed by atoms with Gasteiger partial charge >= 0.3 is 0 Å². The van der Waals surface area contributed by atoms with Crippen molar-refractivity contribution < 1.29 is 4.79 Å². The van der Waals surface area contributed by atoms with Crippen LogP contribution in [0.25, 0.3) is 0 Å². The number of fused-ring (bicyclic) bond motifs is 3. The molecule has 0 spiro atoms. The predicted octanol–water partition coefficient (Wildman–Crippen LogP) is 5.41. The molecule has 158 valence electrons. The van der Waals surface area contributed by atoms with Gasteiger partial charge in [-0.25, -0.2) is 0 Å². The number of piperidine rings is 3. The molecule has 0 aromatic heterocycles. The molecule has 2 bridgehead atoms. The Bertz CT molecular complexity index is 1030. The Morgan fingerprint density at radius 3 is 2.29 bits per heavy atom. The van der Waals surface area contributed by atoms with Crippen molar-refractivity contribution in [3.05, 3.63) is 84.4 Å². The fraction of sp³-hybridized carbons (Fsp3) is 0.269. The van der Waals surface area contributed by atoms with E-state index in [1.54, 1.807) is 11.8 Å². The van der Waals surface area contributed by atoms with E-state index in [2.05, 4.69) is 39.8 Å². The standard InChI is InChI=1S/C26H27N3OS/c30-26(28-24-18-29-16-14-19(24)15-17-29)20-10-12-22(13-11-20)31-25-9-5-4-8-23(25)27-21-6-2-1-3-7-21/h1-13,19,24,27H,14-18H2,(H,28,30)/t24-/m0/s1. The number of rotatable bonds is 6. The quantitative estimate of drug-likeness (QED) is 0.550. The van der Waals surface area contributed by atoms with Crippen molar-refractivity contribution in [1.82, 2.24) is 10.2 Å². The molecule has 3 fully saturated rings. The molecule has 0 saturated carbocycles. The molecule has 6 rings (SSSR count). The lowest BCUT2D eigenvalue weighted by molar-refractivity contribution is 0.0620. The first-order chi connectivity index (χ1) is 15.2. The van der Waals surface area contributed by atoms with E-state index in [1.165, 1.54) is 25.9 Å². The second-order valence-electron chi connectivity index (χ2n) is 8.33. The highest BCUT2D eigenvalue weighted by Crippen LogP contribution is 2.35. The van der Waals surface area contributed by atoms with Crippen LogP contribution < -0.4 is 10.6 Å². The van der Waals surface area contributed by atoms with Crippen LogP contribution >= 0.6 is 11.8 Å². The summed E-state index contributed by atoms with van der Waals surface area (Å²) in [5.41, 5.74) is 2.87. The molecule has 5 heteroatoms. The summed E-state index contributed by atoms with van der Waals surface area (Å²) in [6.07, 6.45) is 2.41. The average Bonchev–Trinajstić information content (AvgIpc) is 2.82. The Morgan fingerprint density at radius 2 is 1.58 bits per heavy atom. The lowest BCUT2D eigenvalue weighted by atomic mass is 9.84. The van der Waals surface area contributed by atoms with Crippen molar-refractivity contribution >= 4 is 29.0 Å². The monoisotopic (exact) mass is 429 g/mol. The molecule has 3 heterocycles. The Labute approximate surface area is 188 Å². The van der Waals surface area contributed by atoms with Gasteiger partial charge in [-0.2, -0.15) is 0 Å². The molecule has 3 aliphatic rings. The zero-order chi connectivity index (χ0) is 21.0. The molecule has 31 heavy (non-hydrogen) atoms. The van der Waals surface area contributed by atoms with Crippen molar-refractivity contribution in [3.8, 4) is 0 Å². The molecule has 4 nitrogen and oxygen atoms in total. The van der Waals surface area contributed by atoms with E-state index in [4.69, 9.17) is 0 Å². The van der Waals surface area contributed by atoms with Crippen LogP contribution in [0.5, 0.6) is 0 Å². The van der Waals surface area contributed by atoms with Crippen molar-refractivity contribution in [2.24, 2.45) is 5.92 Å². The van der Waals surface area contributed by atoms with Crippen LogP contribution in [0.4, 0.5) is 11.4 Å². The maximum absolute atomic E-state index is 12.8. The number of carbonyl (C=O) groups is 1. The normalized spacial score (nSPS) is 22.1. The minimum absolute atomic E-state index is 0.0430. The van der Waals surface area contributed by atoms with Gasteiger partial charge in [0.25, 0.3) is 5.91 Å². The number of para-hydroxylation sites is 2. The number of nitrogens with zero attached hydrogens (tertiary/aromatic N) is 1. The van der Waals surface area contributed by atoms with Gasteiger partial charge in [-0.05, 0) is 80.4 Å². The lowest BCUT2D eigenvalue weighted by Crippen LogP contribution is -2.57. The highest BCUT2D eigenvalue weighted by Gasteiger charge is 2.34. The second-order valence-corrected chi connectivity index (χ2v) is 9.45. The Balaban J connectivity index is 1.24. The maximum atomic E-state index is 12.8. The van der Waals surface area contributed by atoms with E-state index >= 15 is 0 Å². The van der Waals surface area contributed by atoms with Crippen LogP contribution in [0, 0.1) is 5.92 Å². The van der Waals surface area contributed by atoms with Crippen LogP contribution in [0.2, 0.25) is 0 Å². The molecule has 0 radical (unpaired) electrons. The number of hydrogen-bond donors (Lipinski definition) is 2.